The van der Waals surface area contributed by atoms with Crippen LogP contribution in [0, 0.1) is 6.92 Å². The Labute approximate surface area is 223 Å². The Bertz CT molecular complexity index is 1380. The fourth-order valence-corrected chi connectivity index (χ4v) is 5.45. The minimum Gasteiger partial charge on any atom is -0.462 e. The van der Waals surface area contributed by atoms with Crippen molar-refractivity contribution in [2.75, 3.05) is 17.7 Å². The van der Waals surface area contributed by atoms with Crippen LogP contribution in [-0.2, 0) is 9.53 Å². The molecule has 0 radical (unpaired) electrons. The Morgan fingerprint density at radius 2 is 1.51 bits per heavy atom. The lowest BCUT2D eigenvalue weighted by molar-refractivity contribution is -0.113. The normalized spacial score (nSPS) is 10.7. The predicted octanol–water partition coefficient (Wildman–Crippen LogP) is 6.29. The van der Waals surface area contributed by atoms with Gasteiger partial charge in [-0.1, -0.05) is 72.4 Å². The Morgan fingerprint density at radius 3 is 2.03 bits per heavy atom. The van der Waals surface area contributed by atoms with Crippen molar-refractivity contribution in [2.24, 2.45) is 0 Å². The first-order chi connectivity index (χ1) is 17.9. The van der Waals surface area contributed by atoms with Gasteiger partial charge in [0.25, 0.3) is 0 Å². The van der Waals surface area contributed by atoms with Gasteiger partial charge in [0.1, 0.15) is 5.00 Å². The number of hydrogen-bond donors (Lipinski definition) is 1. The van der Waals surface area contributed by atoms with Gasteiger partial charge in [-0.3, -0.25) is 9.59 Å². The van der Waals surface area contributed by atoms with Crippen molar-refractivity contribution in [3.8, 4) is 22.5 Å². The molecule has 9 heteroatoms. The third-order valence-electron chi connectivity index (χ3n) is 5.38. The quantitative estimate of drug-likeness (QED) is 0.117. The lowest BCUT2D eigenvalue weighted by Crippen LogP contribution is -2.16. The van der Waals surface area contributed by atoms with Gasteiger partial charge in [0.2, 0.25) is 5.91 Å². The highest BCUT2D eigenvalue weighted by atomic mass is 32.2. The maximum absolute atomic E-state index is 12.9. The molecule has 0 aliphatic carbocycles. The van der Waals surface area contributed by atoms with Crippen LogP contribution >= 0.6 is 23.1 Å². The number of esters is 1. The molecule has 0 unspecified atom stereocenters. The molecule has 1 amide bonds. The molecule has 4 rings (SSSR count). The molecule has 7 nitrogen and oxygen atoms in total. The molecular weight excluding hydrogens is 506 g/mol. The van der Waals surface area contributed by atoms with E-state index in [0.717, 1.165) is 33.9 Å². The van der Waals surface area contributed by atoms with Crippen molar-refractivity contribution >= 4 is 45.8 Å². The fourth-order valence-electron chi connectivity index (χ4n) is 3.68. The Hall–Kier alpha value is -3.82. The van der Waals surface area contributed by atoms with Crippen molar-refractivity contribution in [3.05, 3.63) is 82.7 Å². The first-order valence-electron chi connectivity index (χ1n) is 11.6. The van der Waals surface area contributed by atoms with E-state index in [1.165, 1.54) is 18.7 Å². The van der Waals surface area contributed by atoms with Gasteiger partial charge < -0.3 is 10.1 Å². The number of amides is 1. The van der Waals surface area contributed by atoms with Gasteiger partial charge in [-0.05, 0) is 32.4 Å². The number of rotatable bonds is 9. The molecule has 1 N–H and O–H groups in total. The van der Waals surface area contributed by atoms with E-state index in [1.807, 2.05) is 66.7 Å². The number of carbonyl (C=O) groups is 3. The standard InChI is InChI=1S/C28H25N3O4S2/c1-4-35-27(34)24-17(2)25(18(3)32)37-26(24)31-23(33)16-36-28-29-21(19-11-7-5-8-12-19)15-22(30-28)20-13-9-6-10-14-20/h5-15H,4,16H2,1-3H3,(H,31,33). The van der Waals surface area contributed by atoms with E-state index in [4.69, 9.17) is 4.74 Å². The molecule has 0 saturated heterocycles. The first-order valence-corrected chi connectivity index (χ1v) is 13.4. The number of carbonyl (C=O) groups excluding carboxylic acids is 3. The molecular formula is C28H25N3O4S2. The first kappa shape index (κ1) is 26.2. The van der Waals surface area contributed by atoms with Gasteiger partial charge in [-0.15, -0.1) is 11.3 Å². The highest BCUT2D eigenvalue weighted by molar-refractivity contribution is 7.99. The number of anilines is 1. The van der Waals surface area contributed by atoms with Crippen molar-refractivity contribution in [1.82, 2.24) is 9.97 Å². The number of ketones is 1. The summed E-state index contributed by atoms with van der Waals surface area (Å²) >= 11 is 2.27. The third kappa shape index (κ3) is 6.31. The number of Topliss-reactive ketones (excluding diaryl/α,β-unsaturated/α-hetero) is 1. The highest BCUT2D eigenvalue weighted by Crippen LogP contribution is 2.34. The number of hydrogen-bond acceptors (Lipinski definition) is 8. The number of thioether (sulfide) groups is 1. The molecule has 4 aromatic rings. The summed E-state index contributed by atoms with van der Waals surface area (Å²) in [6, 6.07) is 21.5. The Kier molecular flexibility index (Phi) is 8.47. The zero-order valence-electron chi connectivity index (χ0n) is 20.6. The smallest absolute Gasteiger partial charge is 0.341 e. The van der Waals surface area contributed by atoms with E-state index in [1.54, 1.807) is 13.8 Å². The van der Waals surface area contributed by atoms with Gasteiger partial charge >= 0.3 is 5.97 Å². The lowest BCUT2D eigenvalue weighted by Gasteiger charge is -2.09. The second-order valence-corrected chi connectivity index (χ2v) is 9.99. The van der Waals surface area contributed by atoms with Gasteiger partial charge in [0.05, 0.1) is 34.2 Å². The van der Waals surface area contributed by atoms with Gasteiger partial charge in [-0.2, -0.15) is 0 Å². The van der Waals surface area contributed by atoms with Crippen LogP contribution in [0.15, 0.2) is 71.9 Å². The van der Waals surface area contributed by atoms with Crippen molar-refractivity contribution in [3.63, 3.8) is 0 Å². The molecule has 188 valence electrons. The average Bonchev–Trinajstić information content (AvgIpc) is 3.24. The molecule has 2 heterocycles. The number of ether oxygens (including phenoxy) is 1. The Balaban J connectivity index is 1.58. The van der Waals surface area contributed by atoms with Crippen LogP contribution in [0.3, 0.4) is 0 Å². The topological polar surface area (TPSA) is 98.2 Å². The van der Waals surface area contributed by atoms with Crippen molar-refractivity contribution < 1.29 is 19.1 Å². The van der Waals surface area contributed by atoms with E-state index in [-0.39, 0.29) is 29.6 Å². The SMILES string of the molecule is CCOC(=O)c1c(NC(=O)CSc2nc(-c3ccccc3)cc(-c3ccccc3)n2)sc(C(C)=O)c1C. The van der Waals surface area contributed by atoms with Crippen LogP contribution in [0.1, 0.15) is 39.4 Å². The highest BCUT2D eigenvalue weighted by Gasteiger charge is 2.25. The summed E-state index contributed by atoms with van der Waals surface area (Å²) in [6.45, 7) is 4.99. The van der Waals surface area contributed by atoms with Crippen LogP contribution in [0.4, 0.5) is 5.00 Å². The molecule has 0 bridgehead atoms. The molecule has 0 spiro atoms. The monoisotopic (exact) mass is 531 g/mol. The largest absolute Gasteiger partial charge is 0.462 e. The molecule has 0 aliphatic heterocycles. The molecule has 0 aliphatic rings. The predicted molar refractivity (Wildman–Crippen MR) is 147 cm³/mol. The van der Waals surface area contributed by atoms with E-state index >= 15 is 0 Å². The molecule has 2 aromatic heterocycles. The molecule has 0 saturated carbocycles. The lowest BCUT2D eigenvalue weighted by atomic mass is 10.1. The zero-order chi connectivity index (χ0) is 26.4. The number of nitrogens with zero attached hydrogens (tertiary/aromatic N) is 2. The Morgan fingerprint density at radius 1 is 0.946 bits per heavy atom. The van der Waals surface area contributed by atoms with E-state index in [2.05, 4.69) is 15.3 Å². The van der Waals surface area contributed by atoms with Gasteiger partial charge in [0, 0.05) is 11.1 Å². The number of thiophene rings is 1. The van der Waals surface area contributed by atoms with E-state index in [0.29, 0.717) is 20.6 Å². The van der Waals surface area contributed by atoms with E-state index in [9.17, 15) is 14.4 Å². The fraction of sp³-hybridized carbons (Fsp3) is 0.179. The number of aromatic nitrogens is 2. The minimum absolute atomic E-state index is 0.0150. The van der Waals surface area contributed by atoms with Crippen molar-refractivity contribution in [1.29, 1.82) is 0 Å². The van der Waals surface area contributed by atoms with E-state index < -0.39 is 5.97 Å². The summed E-state index contributed by atoms with van der Waals surface area (Å²) in [5.74, 6) is -1.08. The van der Waals surface area contributed by atoms with Crippen LogP contribution in [0.5, 0.6) is 0 Å². The molecule has 37 heavy (non-hydrogen) atoms. The molecule has 0 fully saturated rings. The van der Waals surface area contributed by atoms with Crippen LogP contribution in [0.25, 0.3) is 22.5 Å². The zero-order valence-corrected chi connectivity index (χ0v) is 22.2. The summed E-state index contributed by atoms with van der Waals surface area (Å²) in [5, 5.41) is 3.53. The summed E-state index contributed by atoms with van der Waals surface area (Å²) in [5.41, 5.74) is 4.11. The van der Waals surface area contributed by atoms with Crippen LogP contribution in [0.2, 0.25) is 0 Å². The average molecular weight is 532 g/mol. The minimum atomic E-state index is -0.571. The third-order valence-corrected chi connectivity index (χ3v) is 7.53. The van der Waals surface area contributed by atoms with Crippen molar-refractivity contribution in [2.45, 2.75) is 25.9 Å². The second-order valence-electron chi connectivity index (χ2n) is 8.03. The summed E-state index contributed by atoms with van der Waals surface area (Å²) < 4.78 is 5.14. The maximum Gasteiger partial charge on any atom is 0.341 e. The molecule has 2 aromatic carbocycles. The van der Waals surface area contributed by atoms with Gasteiger partial charge in [-0.25, -0.2) is 14.8 Å². The summed E-state index contributed by atoms with van der Waals surface area (Å²) in [7, 11) is 0. The van der Waals surface area contributed by atoms with Gasteiger partial charge in [0.15, 0.2) is 10.9 Å². The second kappa shape index (κ2) is 11.9. The summed E-state index contributed by atoms with van der Waals surface area (Å²) in [4.78, 5) is 47.2. The number of benzene rings is 2. The summed E-state index contributed by atoms with van der Waals surface area (Å²) in [6.07, 6.45) is 0. The van der Waals surface area contributed by atoms with Crippen LogP contribution in [-0.4, -0.2) is 40.0 Å². The maximum atomic E-state index is 12.9. The van der Waals surface area contributed by atoms with Crippen LogP contribution < -0.4 is 5.32 Å². The molecule has 0 atom stereocenters. The number of nitrogens with one attached hydrogen (secondary N) is 1.